The Balaban J connectivity index is 1.16. The largest absolute Gasteiger partial charge is 0.493 e. The minimum Gasteiger partial charge on any atom is -0.493 e. The topological polar surface area (TPSA) is 97.5 Å². The summed E-state index contributed by atoms with van der Waals surface area (Å²) in [6.07, 6.45) is 4.70. The summed E-state index contributed by atoms with van der Waals surface area (Å²) in [5.41, 5.74) is 6.37. The molecule has 6 rings (SSSR count). The lowest BCUT2D eigenvalue weighted by atomic mass is 9.96. The van der Waals surface area contributed by atoms with E-state index in [1.807, 2.05) is 60.9 Å². The molecule has 2 aromatic heterocycles. The quantitative estimate of drug-likeness (QED) is 0.0998. The fourth-order valence-electron chi connectivity index (χ4n) is 5.79. The molecule has 0 radical (unpaired) electrons. The summed E-state index contributed by atoms with van der Waals surface area (Å²) in [5, 5.41) is 22.8. The molecule has 0 unspecified atom stereocenters. The van der Waals surface area contributed by atoms with Crippen molar-refractivity contribution in [3.8, 4) is 44.6 Å². The van der Waals surface area contributed by atoms with Gasteiger partial charge in [0.15, 0.2) is 0 Å². The van der Waals surface area contributed by atoms with Crippen LogP contribution in [0.5, 0.6) is 5.75 Å². The number of thiophene rings is 1. The number of hydrogen-bond acceptors (Lipinski definition) is 10. The Morgan fingerprint density at radius 1 is 0.915 bits per heavy atom. The number of nitrogens with zero attached hydrogens (tertiary/aromatic N) is 5. The lowest BCUT2D eigenvalue weighted by Crippen LogP contribution is -2.47. The fraction of sp³-hybridized carbons (Fsp3) is 0.270. The lowest BCUT2D eigenvalue weighted by Gasteiger charge is -2.34. The van der Waals surface area contributed by atoms with E-state index >= 15 is 0 Å². The number of hydrogen-bond donors (Lipinski definition) is 2. The highest BCUT2D eigenvalue weighted by atomic mass is 32.2. The molecule has 1 aliphatic heterocycles. The lowest BCUT2D eigenvalue weighted by molar-refractivity contribution is 0.108. The van der Waals surface area contributed by atoms with Gasteiger partial charge in [-0.3, -0.25) is 4.90 Å². The average molecular weight is 663 g/mol. The Labute approximate surface area is 284 Å². The third-order valence-corrected chi connectivity index (χ3v) is 10.5. The number of benzene rings is 3. The van der Waals surface area contributed by atoms with Crippen LogP contribution in [-0.2, 0) is 0 Å². The van der Waals surface area contributed by atoms with Gasteiger partial charge in [-0.2, -0.15) is 5.26 Å². The van der Waals surface area contributed by atoms with Gasteiger partial charge in [0.2, 0.25) is 5.95 Å². The van der Waals surface area contributed by atoms with Crippen molar-refractivity contribution in [2.45, 2.75) is 10.6 Å². The van der Waals surface area contributed by atoms with E-state index in [2.05, 4.69) is 56.5 Å². The minimum atomic E-state index is 0.224. The van der Waals surface area contributed by atoms with E-state index in [0.717, 1.165) is 94.2 Å². The normalized spacial score (nSPS) is 13.7. The Morgan fingerprint density at radius 3 is 2.43 bits per heavy atom. The number of anilines is 2. The van der Waals surface area contributed by atoms with E-state index in [-0.39, 0.29) is 6.61 Å². The summed E-state index contributed by atoms with van der Waals surface area (Å²) in [5.74, 6) is 1.27. The number of rotatable bonds is 13. The Hall–Kier alpha value is -4.24. The van der Waals surface area contributed by atoms with Gasteiger partial charge in [-0.25, -0.2) is 9.97 Å². The number of ether oxygens (including phenoxy) is 1. The summed E-state index contributed by atoms with van der Waals surface area (Å²) in [6, 6.07) is 30.9. The first kappa shape index (κ1) is 32.7. The number of nitriles is 1. The molecule has 1 aliphatic rings. The van der Waals surface area contributed by atoms with Crippen LogP contribution in [0.2, 0.25) is 0 Å². The minimum absolute atomic E-state index is 0.224. The van der Waals surface area contributed by atoms with Crippen molar-refractivity contribution in [3.63, 3.8) is 0 Å². The number of aromatic nitrogens is 2. The average Bonchev–Trinajstić information content (AvgIpc) is 3.51. The third kappa shape index (κ3) is 8.19. The maximum absolute atomic E-state index is 10.3. The van der Waals surface area contributed by atoms with Crippen molar-refractivity contribution in [1.82, 2.24) is 19.8 Å². The van der Waals surface area contributed by atoms with Crippen LogP contribution in [0, 0.1) is 11.3 Å². The van der Waals surface area contributed by atoms with Crippen molar-refractivity contribution < 1.29 is 9.84 Å². The van der Waals surface area contributed by atoms with Gasteiger partial charge in [0.05, 0.1) is 33.6 Å². The van der Waals surface area contributed by atoms with Crippen molar-refractivity contribution >= 4 is 34.7 Å². The molecule has 0 spiro atoms. The molecule has 0 bridgehead atoms. The van der Waals surface area contributed by atoms with Crippen LogP contribution < -0.4 is 10.1 Å². The van der Waals surface area contributed by atoms with Crippen LogP contribution >= 0.6 is 23.1 Å². The van der Waals surface area contributed by atoms with Crippen LogP contribution in [0.3, 0.4) is 0 Å². The Bertz CT molecular complexity index is 1820. The van der Waals surface area contributed by atoms with Gasteiger partial charge in [-0.05, 0) is 53.6 Å². The number of thioether (sulfide) groups is 1. The molecule has 2 N–H and O–H groups in total. The van der Waals surface area contributed by atoms with Crippen molar-refractivity contribution in [2.75, 3.05) is 64.1 Å². The van der Waals surface area contributed by atoms with E-state index in [0.29, 0.717) is 18.1 Å². The summed E-state index contributed by atoms with van der Waals surface area (Å²) >= 11 is 3.17. The smallest absolute Gasteiger partial charge is 0.227 e. The van der Waals surface area contributed by atoms with Gasteiger partial charge in [0.25, 0.3) is 0 Å². The Morgan fingerprint density at radius 2 is 1.66 bits per heavy atom. The zero-order valence-electron chi connectivity index (χ0n) is 26.4. The molecule has 0 amide bonds. The van der Waals surface area contributed by atoms with Crippen molar-refractivity contribution in [1.29, 1.82) is 5.26 Å². The molecule has 0 saturated carbocycles. The van der Waals surface area contributed by atoms with Gasteiger partial charge in [-0.1, -0.05) is 54.6 Å². The number of nitrogens with one attached hydrogen (secondary N) is 1. The SMILES string of the molecule is CSc1sc(-c2ccnc(Nc3cccc(OCCCN4CCN(CCO)CC4)c3)n2)c(-c2cccc(-c3ccccc3)c2)c1C#N. The molecule has 0 aliphatic carbocycles. The highest BCUT2D eigenvalue weighted by molar-refractivity contribution is 8.00. The third-order valence-electron chi connectivity index (χ3n) is 8.18. The van der Waals surface area contributed by atoms with E-state index in [1.165, 1.54) is 0 Å². The first-order chi connectivity index (χ1) is 23.1. The zero-order valence-corrected chi connectivity index (χ0v) is 28.1. The monoisotopic (exact) mass is 662 g/mol. The first-order valence-corrected chi connectivity index (χ1v) is 17.8. The van der Waals surface area contributed by atoms with Gasteiger partial charge < -0.3 is 20.1 Å². The van der Waals surface area contributed by atoms with Crippen molar-refractivity contribution in [2.24, 2.45) is 0 Å². The van der Waals surface area contributed by atoms with Gasteiger partial charge in [0.1, 0.15) is 11.8 Å². The van der Waals surface area contributed by atoms with Crippen LogP contribution in [-0.4, -0.2) is 83.6 Å². The molecule has 47 heavy (non-hydrogen) atoms. The van der Waals surface area contributed by atoms with Gasteiger partial charge >= 0.3 is 0 Å². The highest BCUT2D eigenvalue weighted by Crippen LogP contribution is 2.46. The second-order valence-electron chi connectivity index (χ2n) is 11.3. The summed E-state index contributed by atoms with van der Waals surface area (Å²) < 4.78 is 7.06. The predicted molar refractivity (Wildman–Crippen MR) is 193 cm³/mol. The summed E-state index contributed by atoms with van der Waals surface area (Å²) in [4.78, 5) is 15.1. The maximum Gasteiger partial charge on any atom is 0.227 e. The predicted octanol–water partition coefficient (Wildman–Crippen LogP) is 7.26. The Kier molecular flexibility index (Phi) is 11.2. The highest BCUT2D eigenvalue weighted by Gasteiger charge is 2.22. The molecule has 240 valence electrons. The molecule has 1 fully saturated rings. The molecular formula is C37H38N6O2S2. The molecule has 1 saturated heterocycles. The van der Waals surface area contributed by atoms with E-state index in [9.17, 15) is 5.26 Å². The van der Waals surface area contributed by atoms with Crippen LogP contribution in [0.15, 0.2) is 95.3 Å². The number of β-amino-alcohol motifs (C(OH)–C–C–N with tert-alkyl or cyclic N) is 1. The standard InChI is InChI=1S/C37H38N6O2S2/c1-46-36-32(26-38)34(29-11-5-10-28(24-29)27-8-3-2-4-9-27)35(47-36)33-14-15-39-37(41-33)40-30-12-6-13-31(25-30)45-23-7-16-42-17-19-43(20-18-42)21-22-44/h2-6,8-15,24-25,44H,7,16-23H2,1H3,(H,39,40,41). The summed E-state index contributed by atoms with van der Waals surface area (Å²) in [6.45, 7) is 6.69. The van der Waals surface area contributed by atoms with Crippen LogP contribution in [0.25, 0.3) is 32.8 Å². The van der Waals surface area contributed by atoms with Gasteiger partial charge in [0, 0.05) is 62.8 Å². The van der Waals surface area contributed by atoms with E-state index in [1.54, 1.807) is 29.3 Å². The zero-order chi connectivity index (χ0) is 32.4. The van der Waals surface area contributed by atoms with E-state index in [4.69, 9.17) is 14.8 Å². The second-order valence-corrected chi connectivity index (χ2v) is 13.4. The number of piperazine rings is 1. The molecule has 5 aromatic rings. The van der Waals surface area contributed by atoms with Crippen LogP contribution in [0.4, 0.5) is 11.6 Å². The molecule has 0 atom stereocenters. The summed E-state index contributed by atoms with van der Waals surface area (Å²) in [7, 11) is 0. The number of aliphatic hydroxyl groups is 1. The molecule has 3 aromatic carbocycles. The van der Waals surface area contributed by atoms with Crippen molar-refractivity contribution in [3.05, 3.63) is 96.7 Å². The van der Waals surface area contributed by atoms with Crippen LogP contribution in [0.1, 0.15) is 12.0 Å². The molecular weight excluding hydrogens is 625 g/mol. The van der Waals surface area contributed by atoms with Gasteiger partial charge in [-0.15, -0.1) is 23.1 Å². The maximum atomic E-state index is 10.3. The second kappa shape index (κ2) is 16.0. The van der Waals surface area contributed by atoms with E-state index < -0.39 is 0 Å². The first-order valence-electron chi connectivity index (χ1n) is 15.8. The fourth-order valence-corrected chi connectivity index (χ4v) is 7.70. The number of aliphatic hydroxyl groups excluding tert-OH is 1. The molecule has 3 heterocycles. The molecule has 8 nitrogen and oxygen atoms in total. The molecule has 10 heteroatoms.